The number of hydrogen-bond acceptors (Lipinski definition) is 12. The van der Waals surface area contributed by atoms with Crippen LogP contribution < -0.4 is 25.5 Å². The normalized spacial score (nSPS) is 12.7. The first-order valence-electron chi connectivity index (χ1n) is 11.7. The zero-order valence-corrected chi connectivity index (χ0v) is 20.9. The van der Waals surface area contributed by atoms with Crippen molar-refractivity contribution in [1.82, 2.24) is 0 Å². The second-order valence-corrected chi connectivity index (χ2v) is 10.7. The van der Waals surface area contributed by atoms with Crippen LogP contribution in [0.2, 0.25) is 0 Å². The van der Waals surface area contributed by atoms with Crippen LogP contribution in [-0.2, 0) is 4.57 Å². The van der Waals surface area contributed by atoms with Crippen LogP contribution in [0.1, 0.15) is 0 Å². The van der Waals surface area contributed by atoms with Gasteiger partial charge in [0.1, 0.15) is 17.2 Å². The van der Waals surface area contributed by atoms with E-state index in [1.54, 1.807) is 0 Å². The molecule has 0 heterocycles. The Hall–Kier alpha value is -5.13. The van der Waals surface area contributed by atoms with Crippen LogP contribution in [0.5, 0.6) is 34.5 Å². The molecule has 0 fully saturated rings. The summed E-state index contributed by atoms with van der Waals surface area (Å²) >= 11 is 0. The number of phenolic OH excluding ortho intramolecular Hbond substituents is 6. The summed E-state index contributed by atoms with van der Waals surface area (Å²) in [6.45, 7) is 0. The Kier molecular flexibility index (Phi) is 4.57. The van der Waals surface area contributed by atoms with E-state index in [0.717, 1.165) is 6.07 Å². The van der Waals surface area contributed by atoms with E-state index in [0.29, 0.717) is 32.3 Å². The number of hydrogen-bond donors (Lipinski definition) is 6. The van der Waals surface area contributed by atoms with Crippen LogP contribution in [0.15, 0.2) is 46.0 Å². The highest BCUT2D eigenvalue weighted by molar-refractivity contribution is 7.40. The standard InChI is InChI=1S/C28H12O8.H3O4P/c29-7-1-9-10-2-8(30)4-12-18(10)22-20-14(26(12)34)6-16(32)28(36)24(20)23-19-13(5-15(31)27(23)35)25(33)11(3-7)17(9)21(19)22;1-5(2,3)4/h1-6,29,31-35H;(H3,1,2,3,4)/p-3. The second kappa shape index (κ2) is 7.53. The lowest BCUT2D eigenvalue weighted by Gasteiger charge is -2.36. The van der Waals surface area contributed by atoms with Crippen molar-refractivity contribution in [2.75, 3.05) is 0 Å². The molecule has 41 heavy (non-hydrogen) atoms. The molecule has 0 amide bonds. The molecular weight excluding hydrogens is 559 g/mol. The topological polar surface area (TPSA) is 242 Å². The van der Waals surface area contributed by atoms with Gasteiger partial charge in [-0.05, 0) is 47.2 Å². The van der Waals surface area contributed by atoms with Crippen LogP contribution in [0.3, 0.4) is 0 Å². The molecule has 0 aliphatic heterocycles. The van der Waals surface area contributed by atoms with Gasteiger partial charge in [0, 0.05) is 64.6 Å². The Labute approximate surface area is 224 Å². The SMILES string of the molecule is O=P([O-])([O-])[O-].O=c1cc2c(O)c3cc(O)c(=O)c4c5c(O)c(O)cc6c(O)c7cc(O)cc8c(c1)c2c(c34)c(c78)c65. The maximum Gasteiger partial charge on any atom is 0.228 e. The Morgan fingerprint density at radius 3 is 1.46 bits per heavy atom. The minimum Gasteiger partial charge on any atom is -0.822 e. The van der Waals surface area contributed by atoms with Crippen LogP contribution in [0.4, 0.5) is 0 Å². The summed E-state index contributed by atoms with van der Waals surface area (Å²) in [5.74, 6) is -2.73. The van der Waals surface area contributed by atoms with Crippen molar-refractivity contribution in [2.45, 2.75) is 0 Å². The quantitative estimate of drug-likeness (QED) is 0.0659. The van der Waals surface area contributed by atoms with Crippen molar-refractivity contribution in [3.63, 3.8) is 0 Å². The lowest BCUT2D eigenvalue weighted by molar-refractivity contribution is -0.432. The summed E-state index contributed by atoms with van der Waals surface area (Å²) in [5.41, 5.74) is -1.24. The van der Waals surface area contributed by atoms with Crippen LogP contribution in [0.25, 0.3) is 75.4 Å². The molecule has 12 nitrogen and oxygen atoms in total. The minimum atomic E-state index is -5.39. The molecule has 8 aromatic rings. The lowest BCUT2D eigenvalue weighted by atomic mass is 9.79. The van der Waals surface area contributed by atoms with E-state index in [-0.39, 0.29) is 60.3 Å². The highest BCUT2D eigenvalue weighted by atomic mass is 31.2. The van der Waals surface area contributed by atoms with Crippen molar-refractivity contribution in [1.29, 1.82) is 0 Å². The van der Waals surface area contributed by atoms with Gasteiger partial charge in [-0.1, -0.05) is 0 Å². The average molecular weight is 571 g/mol. The smallest absolute Gasteiger partial charge is 0.228 e. The van der Waals surface area contributed by atoms with Crippen molar-refractivity contribution in [3.8, 4) is 34.5 Å². The Morgan fingerprint density at radius 1 is 0.463 bits per heavy atom. The van der Waals surface area contributed by atoms with Gasteiger partial charge in [-0.2, -0.15) is 7.82 Å². The summed E-state index contributed by atoms with van der Waals surface area (Å²) in [6, 6.07) is 7.73. The van der Waals surface area contributed by atoms with Gasteiger partial charge in [-0.3, -0.25) is 9.59 Å². The Balaban J connectivity index is 0.000000512. The molecule has 204 valence electrons. The molecule has 0 unspecified atom stereocenters. The lowest BCUT2D eigenvalue weighted by Crippen LogP contribution is -2.24. The predicted molar refractivity (Wildman–Crippen MR) is 144 cm³/mol. The average Bonchev–Trinajstić information content (AvgIpc) is 2.88. The molecule has 8 aromatic carbocycles. The third-order valence-corrected chi connectivity index (χ3v) is 7.59. The highest BCUT2D eigenvalue weighted by Crippen LogP contribution is 2.57. The van der Waals surface area contributed by atoms with Gasteiger partial charge in [-0.25, -0.2) is 0 Å². The van der Waals surface area contributed by atoms with E-state index in [4.69, 9.17) is 19.2 Å². The molecule has 8 rings (SSSR count). The molecule has 13 heteroatoms. The summed E-state index contributed by atoms with van der Waals surface area (Å²) < 4.78 is 8.55. The van der Waals surface area contributed by atoms with Gasteiger partial charge in [0.2, 0.25) is 5.43 Å². The van der Waals surface area contributed by atoms with Crippen molar-refractivity contribution >= 4 is 83.2 Å². The van der Waals surface area contributed by atoms with Crippen molar-refractivity contribution in [2.24, 2.45) is 0 Å². The van der Waals surface area contributed by atoms with Gasteiger partial charge in [-0.15, -0.1) is 0 Å². The van der Waals surface area contributed by atoms with Gasteiger partial charge < -0.3 is 49.9 Å². The molecule has 6 N–H and O–H groups in total. The molecule has 0 bridgehead atoms. The van der Waals surface area contributed by atoms with E-state index >= 15 is 0 Å². The summed E-state index contributed by atoms with van der Waals surface area (Å²) in [7, 11) is -5.39. The van der Waals surface area contributed by atoms with E-state index in [1.807, 2.05) is 0 Å². The molecule has 0 aliphatic rings. The molecule has 0 aliphatic carbocycles. The third-order valence-electron chi connectivity index (χ3n) is 7.59. The first kappa shape index (κ1) is 24.9. The fourth-order valence-electron chi connectivity index (χ4n) is 6.30. The van der Waals surface area contributed by atoms with Crippen molar-refractivity contribution in [3.05, 3.63) is 56.8 Å². The fourth-order valence-corrected chi connectivity index (χ4v) is 6.30. The maximum atomic E-state index is 13.3. The highest BCUT2D eigenvalue weighted by Gasteiger charge is 2.30. The zero-order chi connectivity index (χ0) is 29.4. The molecule has 0 saturated carbocycles. The van der Waals surface area contributed by atoms with Gasteiger partial charge in [0.25, 0.3) is 0 Å². The van der Waals surface area contributed by atoms with Crippen LogP contribution in [-0.4, -0.2) is 30.6 Å². The van der Waals surface area contributed by atoms with Crippen molar-refractivity contribution < 1.29 is 49.9 Å². The molecule has 0 saturated heterocycles. The Morgan fingerprint density at radius 2 is 0.878 bits per heavy atom. The number of phosphoric acid groups is 1. The van der Waals surface area contributed by atoms with E-state index in [2.05, 4.69) is 0 Å². The van der Waals surface area contributed by atoms with Crippen LogP contribution in [0, 0.1) is 0 Å². The van der Waals surface area contributed by atoms with Gasteiger partial charge in [0.05, 0.1) is 0 Å². The number of fused-ring (bicyclic) bond motifs is 2. The van der Waals surface area contributed by atoms with E-state index < -0.39 is 35.9 Å². The monoisotopic (exact) mass is 571 g/mol. The summed E-state index contributed by atoms with van der Waals surface area (Å²) in [6.07, 6.45) is 0. The maximum absolute atomic E-state index is 13.3. The first-order chi connectivity index (χ1) is 19.2. The van der Waals surface area contributed by atoms with E-state index in [9.17, 15) is 40.2 Å². The molecule has 0 spiro atoms. The third kappa shape index (κ3) is 3.06. The first-order valence-corrected chi connectivity index (χ1v) is 13.2. The second-order valence-electron chi connectivity index (χ2n) is 9.77. The van der Waals surface area contributed by atoms with Gasteiger partial charge >= 0.3 is 0 Å². The molecular formula is C28H12O12P-3. The minimum absolute atomic E-state index is 0.0859. The Bertz CT molecular complexity index is 2580. The number of benzene rings is 8. The van der Waals surface area contributed by atoms with E-state index in [1.165, 1.54) is 30.3 Å². The van der Waals surface area contributed by atoms with Crippen LogP contribution >= 0.6 is 7.82 Å². The predicted octanol–water partition coefficient (Wildman–Crippen LogP) is 1.64. The van der Waals surface area contributed by atoms with Gasteiger partial charge in [0.15, 0.2) is 22.7 Å². The summed E-state index contributed by atoms with van der Waals surface area (Å²) in [5, 5.41) is 68.8. The number of rotatable bonds is 0. The molecule has 0 aromatic heterocycles. The fraction of sp³-hybridized carbons (Fsp3) is 0. The zero-order valence-electron chi connectivity index (χ0n) is 20.0. The largest absolute Gasteiger partial charge is 0.822 e. The number of phenols is 6. The molecule has 0 atom stereocenters. The summed E-state index contributed by atoms with van der Waals surface area (Å²) in [4.78, 5) is 51.7. The molecule has 0 radical (unpaired) electrons. The number of aromatic hydroxyl groups is 6.